The Bertz CT molecular complexity index is 622. The molecule has 0 amide bonds. The molecule has 0 aliphatic carbocycles. The molecule has 1 atom stereocenters. The Morgan fingerprint density at radius 1 is 1.47 bits per heavy atom. The van der Waals surface area contributed by atoms with Crippen molar-refractivity contribution in [1.82, 2.24) is 14.5 Å². The van der Waals surface area contributed by atoms with Crippen LogP contribution in [0.5, 0.6) is 0 Å². The molecule has 3 rings (SSSR count). The second-order valence-corrected chi connectivity index (χ2v) is 4.53. The van der Waals surface area contributed by atoms with Crippen LogP contribution in [-0.4, -0.2) is 30.7 Å². The summed E-state index contributed by atoms with van der Waals surface area (Å²) in [6.07, 6.45) is 3.89. The van der Waals surface area contributed by atoms with Crippen molar-refractivity contribution in [2.45, 2.75) is 25.5 Å². The largest absolute Gasteiger partial charge is 0.476 e. The number of hydrogen-bond acceptors (Lipinski definition) is 4. The number of rotatable bonds is 2. The van der Waals surface area contributed by atoms with Gasteiger partial charge in [-0.05, 0) is 25.0 Å². The molecular formula is C13H13N3O3. The Hall–Kier alpha value is -2.21. The van der Waals surface area contributed by atoms with Crippen LogP contribution in [0.2, 0.25) is 0 Å². The third kappa shape index (κ3) is 1.90. The van der Waals surface area contributed by atoms with E-state index in [0.29, 0.717) is 24.5 Å². The van der Waals surface area contributed by atoms with Crippen molar-refractivity contribution in [1.29, 1.82) is 0 Å². The highest BCUT2D eigenvalue weighted by molar-refractivity contribution is 5.88. The smallest absolute Gasteiger partial charge is 0.356 e. The number of aliphatic hydroxyl groups excluding tert-OH is 1. The highest BCUT2D eigenvalue weighted by atomic mass is 16.4. The van der Waals surface area contributed by atoms with Gasteiger partial charge in [-0.2, -0.15) is 0 Å². The van der Waals surface area contributed by atoms with Crippen molar-refractivity contribution >= 4 is 5.97 Å². The first kappa shape index (κ1) is 11.9. The fourth-order valence-electron chi connectivity index (χ4n) is 2.48. The molecule has 0 aromatic carbocycles. The Morgan fingerprint density at radius 2 is 2.32 bits per heavy atom. The van der Waals surface area contributed by atoms with Crippen LogP contribution in [0.4, 0.5) is 0 Å². The number of pyridine rings is 1. The molecule has 6 nitrogen and oxygen atoms in total. The van der Waals surface area contributed by atoms with Crippen molar-refractivity contribution in [3.05, 3.63) is 35.9 Å². The van der Waals surface area contributed by atoms with E-state index in [4.69, 9.17) is 0 Å². The van der Waals surface area contributed by atoms with Gasteiger partial charge in [0, 0.05) is 24.5 Å². The summed E-state index contributed by atoms with van der Waals surface area (Å²) in [4.78, 5) is 19.5. The molecular weight excluding hydrogens is 246 g/mol. The fraction of sp³-hybridized carbons (Fsp3) is 0.308. The summed E-state index contributed by atoms with van der Waals surface area (Å²) in [7, 11) is 0. The number of fused-ring (bicyclic) bond motifs is 1. The van der Waals surface area contributed by atoms with Gasteiger partial charge in [0.1, 0.15) is 5.82 Å². The van der Waals surface area contributed by atoms with E-state index in [2.05, 4.69) is 9.97 Å². The molecule has 2 aromatic rings. The van der Waals surface area contributed by atoms with Crippen molar-refractivity contribution < 1.29 is 15.0 Å². The predicted molar refractivity (Wildman–Crippen MR) is 66.6 cm³/mol. The molecule has 2 N–H and O–H groups in total. The molecule has 2 aromatic heterocycles. The summed E-state index contributed by atoms with van der Waals surface area (Å²) in [6.45, 7) is 0.664. The molecule has 0 fully saturated rings. The number of aromatic carboxylic acids is 1. The molecule has 0 spiro atoms. The van der Waals surface area contributed by atoms with Crippen LogP contribution in [0.1, 0.15) is 35.1 Å². The number of nitrogens with zero attached hydrogens (tertiary/aromatic N) is 3. The van der Waals surface area contributed by atoms with Crippen LogP contribution in [-0.2, 0) is 6.54 Å². The summed E-state index contributed by atoms with van der Waals surface area (Å²) in [5.74, 6) is -0.556. The molecule has 1 aliphatic rings. The van der Waals surface area contributed by atoms with Gasteiger partial charge in [-0.15, -0.1) is 0 Å². The van der Waals surface area contributed by atoms with E-state index in [1.807, 2.05) is 6.07 Å². The standard InChI is InChI=1S/C13H13N3O3/c17-9-4-2-6-16-11(9)10(13(18)19)15-12(16)8-3-1-5-14-7-8/h1,3,5,7,9,17H,2,4,6H2,(H,18,19). The quantitative estimate of drug-likeness (QED) is 0.852. The van der Waals surface area contributed by atoms with E-state index in [1.165, 1.54) is 0 Å². The van der Waals surface area contributed by atoms with Gasteiger partial charge in [-0.1, -0.05) is 0 Å². The summed E-state index contributed by atoms with van der Waals surface area (Å²) < 4.78 is 1.79. The first-order chi connectivity index (χ1) is 9.18. The summed E-state index contributed by atoms with van der Waals surface area (Å²) in [5.41, 5.74) is 1.09. The van der Waals surface area contributed by atoms with E-state index in [0.717, 1.165) is 12.0 Å². The molecule has 0 saturated heterocycles. The molecule has 98 valence electrons. The Balaban J connectivity index is 2.22. The average Bonchev–Trinajstić information content (AvgIpc) is 2.81. The van der Waals surface area contributed by atoms with E-state index in [1.54, 1.807) is 23.0 Å². The normalized spacial score (nSPS) is 18.1. The number of carbonyl (C=O) groups is 1. The molecule has 1 aliphatic heterocycles. The monoisotopic (exact) mass is 259 g/mol. The lowest BCUT2D eigenvalue weighted by Crippen LogP contribution is -2.18. The van der Waals surface area contributed by atoms with Crippen LogP contribution in [0.3, 0.4) is 0 Å². The first-order valence-corrected chi connectivity index (χ1v) is 6.10. The minimum atomic E-state index is -1.11. The van der Waals surface area contributed by atoms with Crippen molar-refractivity contribution in [2.24, 2.45) is 0 Å². The van der Waals surface area contributed by atoms with Crippen LogP contribution >= 0.6 is 0 Å². The molecule has 0 saturated carbocycles. The Kier molecular flexibility index (Phi) is 2.79. The minimum absolute atomic E-state index is 0.0638. The topological polar surface area (TPSA) is 88.2 Å². The minimum Gasteiger partial charge on any atom is -0.476 e. The van der Waals surface area contributed by atoms with E-state index < -0.39 is 12.1 Å². The van der Waals surface area contributed by atoms with Crippen LogP contribution in [0.15, 0.2) is 24.5 Å². The predicted octanol–water partition coefficient (Wildman–Crippen LogP) is 1.47. The maximum atomic E-state index is 11.3. The molecule has 0 radical (unpaired) electrons. The maximum absolute atomic E-state index is 11.3. The number of aromatic nitrogens is 3. The van der Waals surface area contributed by atoms with Gasteiger partial charge in [0.25, 0.3) is 0 Å². The zero-order chi connectivity index (χ0) is 13.4. The Labute approximate surface area is 109 Å². The fourth-order valence-corrected chi connectivity index (χ4v) is 2.48. The SMILES string of the molecule is O=C(O)c1nc(-c2cccnc2)n2c1C(O)CCC2. The zero-order valence-corrected chi connectivity index (χ0v) is 10.2. The lowest BCUT2D eigenvalue weighted by atomic mass is 10.0. The third-order valence-corrected chi connectivity index (χ3v) is 3.30. The molecule has 0 bridgehead atoms. The van der Waals surface area contributed by atoms with Crippen LogP contribution in [0.25, 0.3) is 11.4 Å². The van der Waals surface area contributed by atoms with E-state index in [-0.39, 0.29) is 5.69 Å². The lowest BCUT2D eigenvalue weighted by Gasteiger charge is -2.21. The lowest BCUT2D eigenvalue weighted by molar-refractivity contribution is 0.0677. The van der Waals surface area contributed by atoms with Gasteiger partial charge in [-0.3, -0.25) is 4.98 Å². The van der Waals surface area contributed by atoms with E-state index in [9.17, 15) is 15.0 Å². The molecule has 6 heteroatoms. The maximum Gasteiger partial charge on any atom is 0.356 e. The van der Waals surface area contributed by atoms with Gasteiger partial charge in [-0.25, -0.2) is 9.78 Å². The second-order valence-electron chi connectivity index (χ2n) is 4.53. The van der Waals surface area contributed by atoms with Crippen molar-refractivity contribution in [3.63, 3.8) is 0 Å². The zero-order valence-electron chi connectivity index (χ0n) is 10.2. The number of imidazole rings is 1. The number of carboxylic acids is 1. The van der Waals surface area contributed by atoms with Crippen molar-refractivity contribution in [2.75, 3.05) is 0 Å². The van der Waals surface area contributed by atoms with Crippen LogP contribution in [0, 0.1) is 0 Å². The highest BCUT2D eigenvalue weighted by Crippen LogP contribution is 2.32. The second kappa shape index (κ2) is 4.47. The molecule has 1 unspecified atom stereocenters. The third-order valence-electron chi connectivity index (χ3n) is 3.30. The Morgan fingerprint density at radius 3 is 3.00 bits per heavy atom. The van der Waals surface area contributed by atoms with Gasteiger partial charge in [0.15, 0.2) is 5.69 Å². The summed E-state index contributed by atoms with van der Waals surface area (Å²) in [6, 6.07) is 3.60. The number of carboxylic acid groups (broad SMARTS) is 1. The van der Waals surface area contributed by atoms with Gasteiger partial charge >= 0.3 is 5.97 Å². The first-order valence-electron chi connectivity index (χ1n) is 6.10. The molecule has 3 heterocycles. The highest BCUT2D eigenvalue weighted by Gasteiger charge is 2.30. The molecule has 19 heavy (non-hydrogen) atoms. The average molecular weight is 259 g/mol. The van der Waals surface area contributed by atoms with Gasteiger partial charge < -0.3 is 14.8 Å². The van der Waals surface area contributed by atoms with Gasteiger partial charge in [0.2, 0.25) is 0 Å². The number of aliphatic hydroxyl groups is 1. The van der Waals surface area contributed by atoms with E-state index >= 15 is 0 Å². The summed E-state index contributed by atoms with van der Waals surface area (Å²) >= 11 is 0. The summed E-state index contributed by atoms with van der Waals surface area (Å²) in [5, 5.41) is 19.2. The number of hydrogen-bond donors (Lipinski definition) is 2. The van der Waals surface area contributed by atoms with Crippen LogP contribution < -0.4 is 0 Å². The van der Waals surface area contributed by atoms with Crippen molar-refractivity contribution in [3.8, 4) is 11.4 Å². The van der Waals surface area contributed by atoms with Gasteiger partial charge in [0.05, 0.1) is 11.8 Å².